The topological polar surface area (TPSA) is 124 Å². The fourth-order valence-corrected chi connectivity index (χ4v) is 5.88. The number of nitrogens with one attached hydrogen (secondary N) is 1. The minimum absolute atomic E-state index is 0.0222. The van der Waals surface area contributed by atoms with E-state index >= 15 is 0 Å². The Balaban J connectivity index is 1.32. The Morgan fingerprint density at radius 2 is 1.78 bits per heavy atom. The molecule has 0 bridgehead atoms. The number of rotatable bonds is 6. The number of sulfonamides is 1. The molecule has 2 amide bonds. The number of nitrogens with zero attached hydrogens (tertiary/aromatic N) is 2. The maximum atomic E-state index is 13.1. The molecule has 3 aliphatic heterocycles. The summed E-state index contributed by atoms with van der Waals surface area (Å²) in [4.78, 5) is 27.5. The van der Waals surface area contributed by atoms with Crippen molar-refractivity contribution in [3.05, 3.63) is 36.4 Å². The monoisotopic (exact) mass is 517 g/mol. The van der Waals surface area contributed by atoms with Crippen molar-refractivity contribution in [1.82, 2.24) is 4.31 Å². The van der Waals surface area contributed by atoms with Crippen molar-refractivity contribution in [3.8, 4) is 17.2 Å². The molecule has 2 aromatic rings. The molecule has 2 saturated heterocycles. The normalized spacial score (nSPS) is 20.3. The molecule has 1 atom stereocenters. The van der Waals surface area contributed by atoms with Crippen LogP contribution in [-0.4, -0.2) is 77.7 Å². The van der Waals surface area contributed by atoms with Gasteiger partial charge in [-0.2, -0.15) is 4.31 Å². The molecule has 192 valence electrons. The summed E-state index contributed by atoms with van der Waals surface area (Å²) >= 11 is 0. The number of amides is 2. The molecule has 0 radical (unpaired) electrons. The third-order valence-electron chi connectivity index (χ3n) is 6.37. The smallest absolute Gasteiger partial charge is 0.243 e. The standard InChI is InChI=1S/C24H27N3O8S/c1-32-20-5-3-18(36(30,31)26-6-8-33-9-7-26)14-19(20)25-24(29)16-12-23(28)27(15-16)17-2-4-21-22(13-17)35-11-10-34-21/h2-5,13-14,16H,6-12,15H2,1H3,(H,25,29)/t16-/m1/s1. The van der Waals surface area contributed by atoms with Crippen LogP contribution < -0.4 is 24.4 Å². The van der Waals surface area contributed by atoms with Gasteiger partial charge in [0.1, 0.15) is 19.0 Å². The van der Waals surface area contributed by atoms with Crippen LogP contribution in [0.2, 0.25) is 0 Å². The highest BCUT2D eigenvalue weighted by Gasteiger charge is 2.36. The first-order chi connectivity index (χ1) is 17.4. The maximum absolute atomic E-state index is 13.1. The number of ether oxygens (including phenoxy) is 4. The molecule has 0 saturated carbocycles. The predicted molar refractivity (Wildman–Crippen MR) is 129 cm³/mol. The van der Waals surface area contributed by atoms with E-state index in [0.717, 1.165) is 0 Å². The van der Waals surface area contributed by atoms with Crippen LogP contribution in [-0.2, 0) is 24.3 Å². The Kier molecular flexibility index (Phi) is 6.73. The molecule has 0 spiro atoms. The van der Waals surface area contributed by atoms with Gasteiger partial charge in [0.15, 0.2) is 11.5 Å². The van der Waals surface area contributed by atoms with Gasteiger partial charge in [0.05, 0.1) is 36.8 Å². The van der Waals surface area contributed by atoms with Gasteiger partial charge in [-0.05, 0) is 30.3 Å². The molecule has 0 aliphatic carbocycles. The van der Waals surface area contributed by atoms with Gasteiger partial charge < -0.3 is 29.2 Å². The Morgan fingerprint density at radius 1 is 1.03 bits per heavy atom. The third-order valence-corrected chi connectivity index (χ3v) is 8.26. The molecule has 36 heavy (non-hydrogen) atoms. The van der Waals surface area contributed by atoms with E-state index in [0.29, 0.717) is 49.4 Å². The molecule has 0 aromatic heterocycles. The summed E-state index contributed by atoms with van der Waals surface area (Å²) in [5.41, 5.74) is 0.845. The summed E-state index contributed by atoms with van der Waals surface area (Å²) in [5.74, 6) is 0.268. The number of fused-ring (bicyclic) bond motifs is 1. The van der Waals surface area contributed by atoms with Crippen LogP contribution >= 0.6 is 0 Å². The number of morpholine rings is 1. The summed E-state index contributed by atoms with van der Waals surface area (Å²) < 4.78 is 49.2. The Hall–Kier alpha value is -3.35. The van der Waals surface area contributed by atoms with Crippen LogP contribution in [0.25, 0.3) is 0 Å². The van der Waals surface area contributed by atoms with E-state index in [1.165, 1.54) is 29.6 Å². The molecule has 0 unspecified atom stereocenters. The van der Waals surface area contributed by atoms with Crippen LogP contribution in [0.5, 0.6) is 17.2 Å². The highest BCUT2D eigenvalue weighted by Crippen LogP contribution is 2.36. The van der Waals surface area contributed by atoms with E-state index < -0.39 is 21.8 Å². The molecule has 1 N–H and O–H groups in total. The lowest BCUT2D eigenvalue weighted by molar-refractivity contribution is -0.122. The molecular formula is C24H27N3O8S. The largest absolute Gasteiger partial charge is 0.495 e. The number of methoxy groups -OCH3 is 1. The fourth-order valence-electron chi connectivity index (χ4n) is 4.45. The first kappa shape index (κ1) is 24.3. The predicted octanol–water partition coefficient (Wildman–Crippen LogP) is 1.48. The minimum Gasteiger partial charge on any atom is -0.495 e. The Morgan fingerprint density at radius 3 is 2.53 bits per heavy atom. The van der Waals surface area contributed by atoms with Crippen molar-refractivity contribution in [2.45, 2.75) is 11.3 Å². The van der Waals surface area contributed by atoms with Crippen LogP contribution in [0.15, 0.2) is 41.3 Å². The van der Waals surface area contributed by atoms with Crippen molar-refractivity contribution < 1.29 is 37.0 Å². The van der Waals surface area contributed by atoms with Crippen molar-refractivity contribution >= 4 is 33.2 Å². The second-order valence-corrected chi connectivity index (χ2v) is 10.5. The van der Waals surface area contributed by atoms with Crippen molar-refractivity contribution in [3.63, 3.8) is 0 Å². The van der Waals surface area contributed by atoms with Crippen molar-refractivity contribution in [2.24, 2.45) is 5.92 Å². The first-order valence-corrected chi connectivity index (χ1v) is 13.1. The lowest BCUT2D eigenvalue weighted by atomic mass is 10.1. The van der Waals surface area contributed by atoms with Gasteiger partial charge in [-0.1, -0.05) is 0 Å². The van der Waals surface area contributed by atoms with Gasteiger partial charge in [0, 0.05) is 37.8 Å². The summed E-state index contributed by atoms with van der Waals surface area (Å²) in [6.07, 6.45) is 0.0222. The average Bonchev–Trinajstić information content (AvgIpc) is 3.30. The number of anilines is 2. The van der Waals surface area contributed by atoms with Gasteiger partial charge in [-0.3, -0.25) is 9.59 Å². The summed E-state index contributed by atoms with van der Waals surface area (Å²) in [5, 5.41) is 2.77. The third kappa shape index (κ3) is 4.71. The second-order valence-electron chi connectivity index (χ2n) is 8.60. The highest BCUT2D eigenvalue weighted by molar-refractivity contribution is 7.89. The second kappa shape index (κ2) is 9.96. The summed E-state index contributed by atoms with van der Waals surface area (Å²) in [7, 11) is -2.33. The lowest BCUT2D eigenvalue weighted by Gasteiger charge is -2.26. The Bertz CT molecular complexity index is 1280. The molecule has 5 rings (SSSR count). The molecule has 2 fully saturated rings. The van der Waals surface area contributed by atoms with E-state index in [1.807, 2.05) is 0 Å². The molecule has 2 aromatic carbocycles. The number of hydrogen-bond donors (Lipinski definition) is 1. The molecule has 3 aliphatic rings. The zero-order valence-corrected chi connectivity index (χ0v) is 20.6. The van der Waals surface area contributed by atoms with E-state index in [1.54, 1.807) is 23.1 Å². The number of hydrogen-bond acceptors (Lipinski definition) is 8. The molecular weight excluding hydrogens is 490 g/mol. The van der Waals surface area contributed by atoms with Crippen LogP contribution in [0.4, 0.5) is 11.4 Å². The van der Waals surface area contributed by atoms with Crippen LogP contribution in [0.3, 0.4) is 0 Å². The fraction of sp³-hybridized carbons (Fsp3) is 0.417. The van der Waals surface area contributed by atoms with Crippen molar-refractivity contribution in [2.75, 3.05) is 63.4 Å². The van der Waals surface area contributed by atoms with E-state index in [9.17, 15) is 18.0 Å². The van der Waals surface area contributed by atoms with Gasteiger partial charge in [-0.15, -0.1) is 0 Å². The van der Waals surface area contributed by atoms with Crippen LogP contribution in [0.1, 0.15) is 6.42 Å². The van der Waals surface area contributed by atoms with Crippen LogP contribution in [0, 0.1) is 5.92 Å². The first-order valence-electron chi connectivity index (χ1n) is 11.6. The summed E-state index contributed by atoms with van der Waals surface area (Å²) in [6, 6.07) is 9.57. The zero-order valence-electron chi connectivity index (χ0n) is 19.8. The van der Waals surface area contributed by atoms with E-state index in [-0.39, 0.29) is 42.5 Å². The Labute approximate surface area is 208 Å². The van der Waals surface area contributed by atoms with Gasteiger partial charge >= 0.3 is 0 Å². The number of benzene rings is 2. The maximum Gasteiger partial charge on any atom is 0.243 e. The van der Waals surface area contributed by atoms with Gasteiger partial charge in [0.25, 0.3) is 0 Å². The minimum atomic E-state index is -3.76. The van der Waals surface area contributed by atoms with Gasteiger partial charge in [-0.25, -0.2) is 8.42 Å². The molecule has 11 nitrogen and oxygen atoms in total. The quantitative estimate of drug-likeness (QED) is 0.611. The molecule has 12 heteroatoms. The SMILES string of the molecule is COc1ccc(S(=O)(=O)N2CCOCC2)cc1NC(=O)[C@@H]1CC(=O)N(c2ccc3c(c2)OCCO3)C1. The van der Waals surface area contributed by atoms with Crippen molar-refractivity contribution in [1.29, 1.82) is 0 Å². The number of carbonyl (C=O) groups excluding carboxylic acids is 2. The molecule has 3 heterocycles. The van der Waals surface area contributed by atoms with E-state index in [2.05, 4.69) is 5.32 Å². The number of carbonyl (C=O) groups is 2. The lowest BCUT2D eigenvalue weighted by Crippen LogP contribution is -2.40. The highest BCUT2D eigenvalue weighted by atomic mass is 32.2. The zero-order chi connectivity index (χ0) is 25.3. The average molecular weight is 518 g/mol. The van der Waals surface area contributed by atoms with Gasteiger partial charge in [0.2, 0.25) is 21.8 Å². The van der Waals surface area contributed by atoms with E-state index in [4.69, 9.17) is 18.9 Å². The summed E-state index contributed by atoms with van der Waals surface area (Å²) in [6.45, 7) is 2.25.